The van der Waals surface area contributed by atoms with Gasteiger partial charge in [-0.3, -0.25) is 9.59 Å². The molecule has 0 saturated heterocycles. The number of methoxy groups -OCH3 is 2. The number of ether oxygens (including phenoxy) is 3. The first-order valence-electron chi connectivity index (χ1n) is 16.9. The number of phenols is 1. The number of esters is 1. The summed E-state index contributed by atoms with van der Waals surface area (Å²) in [5.74, 6) is 7.67. The molecule has 1 aromatic carbocycles. The summed E-state index contributed by atoms with van der Waals surface area (Å²) >= 11 is 0. The van der Waals surface area contributed by atoms with Gasteiger partial charge in [-0.1, -0.05) is 37.3 Å². The van der Waals surface area contributed by atoms with Crippen LogP contribution in [0.4, 0.5) is 0 Å². The van der Waals surface area contributed by atoms with Crippen LogP contribution in [-0.4, -0.2) is 61.9 Å². The molecular weight excluding hydrogens is 594 g/mol. The minimum Gasteiger partial charge on any atom is -0.504 e. The van der Waals surface area contributed by atoms with Crippen LogP contribution in [0.1, 0.15) is 81.4 Å². The second-order valence-electron chi connectivity index (χ2n) is 12.6. The van der Waals surface area contributed by atoms with Gasteiger partial charge in [0.05, 0.1) is 25.4 Å². The SMILES string of the molecule is CCC1CCC(OC(C)=O)CC(=O)CC(c2ccc(O)c(OC)c2)C#CCNC2=CC(=CCN2)C(CCCOC)Cc2c[nH]cc2C1. The molecule has 47 heavy (non-hydrogen) atoms. The number of Topliss-reactive ketones (excluding diaryl/α,β-unsaturated/α-hetero) is 1. The van der Waals surface area contributed by atoms with Crippen LogP contribution in [0.5, 0.6) is 11.5 Å². The van der Waals surface area contributed by atoms with Crippen molar-refractivity contribution < 1.29 is 28.9 Å². The molecule has 4 N–H and O–H groups in total. The summed E-state index contributed by atoms with van der Waals surface area (Å²) in [7, 11) is 3.24. The summed E-state index contributed by atoms with van der Waals surface area (Å²) in [4.78, 5) is 28.9. The Morgan fingerprint density at radius 1 is 1.06 bits per heavy atom. The highest BCUT2D eigenvalue weighted by molar-refractivity contribution is 5.80. The van der Waals surface area contributed by atoms with Crippen molar-refractivity contribution in [3.8, 4) is 23.3 Å². The number of fused-ring (bicyclic) bond motifs is 2. The number of nitrogens with one attached hydrogen (secondary N) is 3. The lowest BCUT2D eigenvalue weighted by Crippen LogP contribution is -2.30. The monoisotopic (exact) mass is 645 g/mol. The van der Waals surface area contributed by atoms with E-state index in [-0.39, 0.29) is 30.3 Å². The van der Waals surface area contributed by atoms with Crippen molar-refractivity contribution in [2.45, 2.75) is 83.7 Å². The van der Waals surface area contributed by atoms with Gasteiger partial charge in [0.1, 0.15) is 11.9 Å². The highest BCUT2D eigenvalue weighted by Crippen LogP contribution is 2.32. The highest BCUT2D eigenvalue weighted by atomic mass is 16.5. The number of H-pyrrole nitrogens is 1. The molecule has 2 aromatic rings. The van der Waals surface area contributed by atoms with Crippen LogP contribution in [0.3, 0.4) is 0 Å². The Labute approximate surface area is 279 Å². The third kappa shape index (κ3) is 11.0. The number of benzene rings is 1. The largest absolute Gasteiger partial charge is 0.504 e. The Balaban J connectivity index is 1.66. The highest BCUT2D eigenvalue weighted by Gasteiger charge is 2.24. The molecule has 2 aliphatic rings. The Kier molecular flexibility index (Phi) is 13.9. The maximum Gasteiger partial charge on any atom is 0.302 e. The fraction of sp³-hybridized carbons (Fsp3) is 0.526. The Morgan fingerprint density at radius 2 is 1.87 bits per heavy atom. The lowest BCUT2D eigenvalue weighted by molar-refractivity contribution is -0.148. The zero-order valence-electron chi connectivity index (χ0n) is 28.3. The van der Waals surface area contributed by atoms with Crippen LogP contribution >= 0.6 is 0 Å². The van der Waals surface area contributed by atoms with Crippen molar-refractivity contribution in [2.75, 3.05) is 33.9 Å². The van der Waals surface area contributed by atoms with E-state index in [2.05, 4.69) is 58.9 Å². The number of hydrogen-bond acceptors (Lipinski definition) is 8. The van der Waals surface area contributed by atoms with Gasteiger partial charge in [0.25, 0.3) is 0 Å². The maximum atomic E-state index is 13.5. The second-order valence-corrected chi connectivity index (χ2v) is 12.6. The number of dihydropyridines is 1. The fourth-order valence-corrected chi connectivity index (χ4v) is 6.55. The molecule has 9 nitrogen and oxygen atoms in total. The molecule has 0 spiro atoms. The summed E-state index contributed by atoms with van der Waals surface area (Å²) in [5, 5.41) is 17.0. The maximum absolute atomic E-state index is 13.5. The van der Waals surface area contributed by atoms with Gasteiger partial charge < -0.3 is 34.9 Å². The van der Waals surface area contributed by atoms with Crippen molar-refractivity contribution in [2.24, 2.45) is 11.8 Å². The minimum absolute atomic E-state index is 0.0240. The summed E-state index contributed by atoms with van der Waals surface area (Å²) in [5.41, 5.74) is 4.73. The Morgan fingerprint density at radius 3 is 2.62 bits per heavy atom. The Hall–Kier alpha value is -4.16. The van der Waals surface area contributed by atoms with E-state index in [1.54, 1.807) is 25.3 Å². The van der Waals surface area contributed by atoms with Crippen molar-refractivity contribution in [1.82, 2.24) is 15.6 Å². The van der Waals surface area contributed by atoms with Crippen LogP contribution in [0, 0.1) is 23.7 Å². The summed E-state index contributed by atoms with van der Waals surface area (Å²) in [6.45, 7) is 5.44. The van der Waals surface area contributed by atoms with Gasteiger partial charge in [-0.15, -0.1) is 0 Å². The van der Waals surface area contributed by atoms with Crippen LogP contribution < -0.4 is 15.4 Å². The molecule has 0 radical (unpaired) electrons. The summed E-state index contributed by atoms with van der Waals surface area (Å²) < 4.78 is 16.4. The topological polar surface area (TPSA) is 122 Å². The lowest BCUT2D eigenvalue weighted by atomic mass is 9.84. The van der Waals surface area contributed by atoms with Crippen molar-refractivity contribution >= 4 is 11.8 Å². The van der Waals surface area contributed by atoms with Crippen molar-refractivity contribution in [1.29, 1.82) is 0 Å². The van der Waals surface area contributed by atoms with E-state index in [1.165, 1.54) is 30.7 Å². The molecule has 0 saturated carbocycles. The number of carbonyl (C=O) groups is 2. The average Bonchev–Trinajstić information content (AvgIpc) is 3.49. The van der Waals surface area contributed by atoms with E-state index in [0.29, 0.717) is 30.6 Å². The molecule has 254 valence electrons. The smallest absolute Gasteiger partial charge is 0.302 e. The predicted octanol–water partition coefficient (Wildman–Crippen LogP) is 5.71. The summed E-state index contributed by atoms with van der Waals surface area (Å²) in [6, 6.07) is 5.06. The molecule has 3 heterocycles. The van der Waals surface area contributed by atoms with E-state index in [0.717, 1.165) is 63.1 Å². The van der Waals surface area contributed by atoms with Gasteiger partial charge in [0.2, 0.25) is 0 Å². The molecule has 4 unspecified atom stereocenters. The second kappa shape index (κ2) is 18.2. The van der Waals surface area contributed by atoms with E-state index in [9.17, 15) is 14.7 Å². The number of hydrogen-bond donors (Lipinski definition) is 4. The van der Waals surface area contributed by atoms with Crippen molar-refractivity contribution in [3.05, 3.63) is 70.8 Å². The number of phenolic OH excluding ortho intramolecular Hbond substituents is 1. The molecule has 0 fully saturated rings. The molecule has 0 aliphatic carbocycles. The van der Waals surface area contributed by atoms with E-state index >= 15 is 0 Å². The third-order valence-electron chi connectivity index (χ3n) is 9.16. The Bertz CT molecular complexity index is 1470. The molecule has 9 heteroatoms. The minimum atomic E-state index is -0.496. The van der Waals surface area contributed by atoms with Gasteiger partial charge >= 0.3 is 5.97 Å². The van der Waals surface area contributed by atoms with Gasteiger partial charge in [0.15, 0.2) is 11.5 Å². The number of allylic oxidation sites excluding steroid dienone is 2. The van der Waals surface area contributed by atoms with Crippen LogP contribution in [0.25, 0.3) is 0 Å². The first kappa shape index (κ1) is 35.7. The number of aromatic amines is 1. The third-order valence-corrected chi connectivity index (χ3v) is 9.16. The van der Waals surface area contributed by atoms with Crippen molar-refractivity contribution in [3.63, 3.8) is 0 Å². The molecule has 0 amide bonds. The normalized spacial score (nSPS) is 22.6. The molecule has 4 rings (SSSR count). The molecule has 1 aromatic heterocycles. The molecular formula is C38H51N3O6. The van der Waals surface area contributed by atoms with Gasteiger partial charge in [-0.05, 0) is 90.8 Å². The zero-order valence-corrected chi connectivity index (χ0v) is 28.3. The quantitative estimate of drug-likeness (QED) is 0.164. The average molecular weight is 646 g/mol. The first-order valence-corrected chi connectivity index (χ1v) is 16.9. The van der Waals surface area contributed by atoms with E-state index in [1.807, 2.05) is 0 Å². The number of ketones is 1. The number of carbonyl (C=O) groups excluding carboxylic acids is 2. The lowest BCUT2D eigenvalue weighted by Gasteiger charge is -2.25. The molecule has 4 atom stereocenters. The summed E-state index contributed by atoms with van der Waals surface area (Å²) in [6.07, 6.45) is 14.8. The van der Waals surface area contributed by atoms with Crippen LogP contribution in [0.15, 0.2) is 54.1 Å². The number of rotatable bonds is 8. The van der Waals surface area contributed by atoms with Crippen LogP contribution in [-0.2, 0) is 31.9 Å². The molecule has 2 bridgehead atoms. The van der Waals surface area contributed by atoms with E-state index < -0.39 is 12.0 Å². The predicted molar refractivity (Wildman–Crippen MR) is 183 cm³/mol. The standard InChI is InChI=1S/C38H51N3O6/c1-5-27-10-12-35(47-26(2)42)23-34(43)20-29(30-11-13-36(44)37(21-30)46-4)8-6-15-40-38-22-31(14-16-41-38)28(9-7-17-45-3)19-33-25-39-24-32(33)18-27/h11,13-14,21-22,24-25,27-29,35,39-41,44H,5,7,9-10,12,15-20,23H2,1-4H3. The fourth-order valence-electron chi connectivity index (χ4n) is 6.55. The number of aromatic hydroxyl groups is 1. The van der Waals surface area contributed by atoms with Gasteiger partial charge in [-0.25, -0.2) is 0 Å². The van der Waals surface area contributed by atoms with Crippen LogP contribution in [0.2, 0.25) is 0 Å². The first-order chi connectivity index (χ1) is 22.8. The van der Waals surface area contributed by atoms with Gasteiger partial charge in [0, 0.05) is 52.4 Å². The zero-order chi connectivity index (χ0) is 33.6. The molecule has 2 aliphatic heterocycles. The number of aromatic nitrogens is 1. The van der Waals surface area contributed by atoms with Gasteiger partial charge in [-0.2, -0.15) is 0 Å². The van der Waals surface area contributed by atoms with E-state index in [4.69, 9.17) is 14.2 Å².